The van der Waals surface area contributed by atoms with Crippen molar-refractivity contribution in [2.75, 3.05) is 39.4 Å². The molecule has 0 atom stereocenters. The Morgan fingerprint density at radius 1 is 1.35 bits per heavy atom. The number of nitrogens with one attached hydrogen (secondary N) is 1. The summed E-state index contributed by atoms with van der Waals surface area (Å²) < 4.78 is 33.0. The Hall–Kier alpha value is -0.960. The molecular weight excluding hydrogens is 280 g/mol. The highest BCUT2D eigenvalue weighted by atomic mass is 32.2. The molecule has 20 heavy (non-hydrogen) atoms. The molecule has 0 unspecified atom stereocenters. The lowest BCUT2D eigenvalue weighted by atomic mass is 10.5. The molecule has 7 nitrogen and oxygen atoms in total. The minimum absolute atomic E-state index is 0.259. The fraction of sp³-hybridized carbons (Fsp3) is 0.750. The van der Waals surface area contributed by atoms with Crippen LogP contribution in [0.15, 0.2) is 17.3 Å². The van der Waals surface area contributed by atoms with Gasteiger partial charge in [0, 0.05) is 25.8 Å². The number of rotatable bonds is 7. The van der Waals surface area contributed by atoms with E-state index < -0.39 is 10.0 Å². The monoisotopic (exact) mass is 302 g/mol. The molecule has 0 saturated carbocycles. The van der Waals surface area contributed by atoms with Gasteiger partial charge in [0.15, 0.2) is 0 Å². The molecule has 0 radical (unpaired) electrons. The Balaban J connectivity index is 1.96. The molecule has 1 N–H and O–H groups in total. The lowest BCUT2D eigenvalue weighted by Crippen LogP contribution is -2.40. The molecule has 0 bridgehead atoms. The summed E-state index contributed by atoms with van der Waals surface area (Å²) in [6, 6.07) is 0. The summed E-state index contributed by atoms with van der Waals surface area (Å²) in [4.78, 5) is 0.259. The van der Waals surface area contributed by atoms with Crippen molar-refractivity contribution in [2.45, 2.75) is 24.8 Å². The maximum atomic E-state index is 12.4. The maximum Gasteiger partial charge on any atom is 0.246 e. The first kappa shape index (κ1) is 15.4. The summed E-state index contributed by atoms with van der Waals surface area (Å²) in [5.41, 5.74) is 0. The first-order chi connectivity index (χ1) is 9.64. The number of sulfonamides is 1. The molecule has 1 fully saturated rings. The fourth-order valence-corrected chi connectivity index (χ4v) is 3.39. The van der Waals surface area contributed by atoms with E-state index in [-0.39, 0.29) is 4.90 Å². The Kier molecular flexibility index (Phi) is 5.53. The predicted molar refractivity (Wildman–Crippen MR) is 75.0 cm³/mol. The third-order valence-corrected chi connectivity index (χ3v) is 5.01. The quantitative estimate of drug-likeness (QED) is 0.712. The third kappa shape index (κ3) is 3.78. The minimum atomic E-state index is -3.43. The smallest absolute Gasteiger partial charge is 0.246 e. The molecule has 8 heteroatoms. The molecule has 0 aromatic carbocycles. The van der Waals surface area contributed by atoms with Crippen molar-refractivity contribution in [3.8, 4) is 0 Å². The summed E-state index contributed by atoms with van der Waals surface area (Å²) in [5, 5.41) is 7.37. The van der Waals surface area contributed by atoms with E-state index in [1.54, 1.807) is 10.9 Å². The highest BCUT2D eigenvalue weighted by molar-refractivity contribution is 7.89. The van der Waals surface area contributed by atoms with Gasteiger partial charge in [0.05, 0.1) is 26.0 Å². The molecule has 1 aliphatic rings. The van der Waals surface area contributed by atoms with E-state index in [9.17, 15) is 8.42 Å². The third-order valence-electron chi connectivity index (χ3n) is 3.16. The number of hydrogen-bond donors (Lipinski definition) is 1. The number of morpholine rings is 1. The zero-order valence-electron chi connectivity index (χ0n) is 11.8. The molecule has 1 aromatic heterocycles. The molecule has 2 rings (SSSR count). The van der Waals surface area contributed by atoms with E-state index in [0.29, 0.717) is 32.8 Å². The Labute approximate surface area is 120 Å². The van der Waals surface area contributed by atoms with Gasteiger partial charge in [-0.25, -0.2) is 8.42 Å². The largest absolute Gasteiger partial charge is 0.379 e. The van der Waals surface area contributed by atoms with Crippen molar-refractivity contribution in [1.29, 1.82) is 0 Å². The lowest BCUT2D eigenvalue weighted by Gasteiger charge is -2.25. The van der Waals surface area contributed by atoms with Crippen molar-refractivity contribution in [1.82, 2.24) is 19.4 Å². The number of hydrogen-bond acceptors (Lipinski definition) is 5. The van der Waals surface area contributed by atoms with Gasteiger partial charge in [-0.15, -0.1) is 0 Å². The SMILES string of the molecule is CCCNCCn1cc(S(=O)(=O)N2CCOCC2)cn1. The van der Waals surface area contributed by atoms with Crippen LogP contribution in [-0.4, -0.2) is 61.9 Å². The van der Waals surface area contributed by atoms with Gasteiger partial charge in [-0.05, 0) is 13.0 Å². The van der Waals surface area contributed by atoms with Crippen molar-refractivity contribution >= 4 is 10.0 Å². The second-order valence-electron chi connectivity index (χ2n) is 4.71. The lowest BCUT2D eigenvalue weighted by molar-refractivity contribution is 0.0730. The van der Waals surface area contributed by atoms with E-state index in [4.69, 9.17) is 4.74 Å². The number of nitrogens with zero attached hydrogens (tertiary/aromatic N) is 3. The molecule has 0 amide bonds. The number of ether oxygens (including phenoxy) is 1. The van der Waals surface area contributed by atoms with Gasteiger partial charge in [0.1, 0.15) is 4.90 Å². The Bertz CT molecular complexity index is 509. The van der Waals surface area contributed by atoms with Crippen molar-refractivity contribution in [3.63, 3.8) is 0 Å². The van der Waals surface area contributed by atoms with Crippen molar-refractivity contribution < 1.29 is 13.2 Å². The minimum Gasteiger partial charge on any atom is -0.379 e. The van der Waals surface area contributed by atoms with Crippen LogP contribution < -0.4 is 5.32 Å². The van der Waals surface area contributed by atoms with Crippen LogP contribution in [0.25, 0.3) is 0 Å². The fourth-order valence-electron chi connectivity index (χ4n) is 2.03. The van der Waals surface area contributed by atoms with Gasteiger partial charge >= 0.3 is 0 Å². The van der Waals surface area contributed by atoms with Crippen LogP contribution in [0.1, 0.15) is 13.3 Å². The van der Waals surface area contributed by atoms with E-state index in [2.05, 4.69) is 17.3 Å². The van der Waals surface area contributed by atoms with Gasteiger partial charge in [-0.1, -0.05) is 6.92 Å². The van der Waals surface area contributed by atoms with Crippen LogP contribution in [0.5, 0.6) is 0 Å². The Morgan fingerprint density at radius 3 is 2.80 bits per heavy atom. The van der Waals surface area contributed by atoms with Gasteiger partial charge in [-0.2, -0.15) is 9.40 Å². The van der Waals surface area contributed by atoms with Gasteiger partial charge in [0.25, 0.3) is 0 Å². The van der Waals surface area contributed by atoms with Crippen LogP contribution in [0, 0.1) is 0 Å². The first-order valence-corrected chi connectivity index (χ1v) is 8.39. The average molecular weight is 302 g/mol. The standard InChI is InChI=1S/C12H22N4O3S/c1-2-3-13-4-5-15-11-12(10-14-15)20(17,18)16-6-8-19-9-7-16/h10-11,13H,2-9H2,1H3. The van der Waals surface area contributed by atoms with Crippen LogP contribution in [0.3, 0.4) is 0 Å². The summed E-state index contributed by atoms with van der Waals surface area (Å²) in [6.07, 6.45) is 4.10. The second kappa shape index (κ2) is 7.16. The topological polar surface area (TPSA) is 76.5 Å². The van der Waals surface area contributed by atoms with Crippen LogP contribution in [0.2, 0.25) is 0 Å². The van der Waals surface area contributed by atoms with Gasteiger partial charge in [0.2, 0.25) is 10.0 Å². The molecule has 114 valence electrons. The van der Waals surface area contributed by atoms with Crippen molar-refractivity contribution in [3.05, 3.63) is 12.4 Å². The molecule has 1 aromatic rings. The summed E-state index contributed by atoms with van der Waals surface area (Å²) in [6.45, 7) is 6.24. The molecule has 2 heterocycles. The molecule has 0 aliphatic carbocycles. The normalized spacial score (nSPS) is 17.4. The highest BCUT2D eigenvalue weighted by Gasteiger charge is 2.27. The molecule has 1 saturated heterocycles. The van der Waals surface area contributed by atoms with Crippen LogP contribution >= 0.6 is 0 Å². The average Bonchev–Trinajstić information content (AvgIpc) is 2.94. The van der Waals surface area contributed by atoms with Crippen molar-refractivity contribution in [2.24, 2.45) is 0 Å². The van der Waals surface area contributed by atoms with E-state index >= 15 is 0 Å². The van der Waals surface area contributed by atoms with Crippen LogP contribution in [-0.2, 0) is 21.3 Å². The maximum absolute atomic E-state index is 12.4. The van der Waals surface area contributed by atoms with E-state index in [1.807, 2.05) is 0 Å². The van der Waals surface area contributed by atoms with Gasteiger partial charge < -0.3 is 10.1 Å². The Morgan fingerprint density at radius 2 is 2.10 bits per heavy atom. The molecule has 1 aliphatic heterocycles. The zero-order chi connectivity index (χ0) is 14.4. The first-order valence-electron chi connectivity index (χ1n) is 6.95. The highest BCUT2D eigenvalue weighted by Crippen LogP contribution is 2.15. The molecular formula is C12H22N4O3S. The number of aromatic nitrogens is 2. The van der Waals surface area contributed by atoms with Gasteiger partial charge in [-0.3, -0.25) is 4.68 Å². The van der Waals surface area contributed by atoms with E-state index in [1.165, 1.54) is 10.5 Å². The summed E-state index contributed by atoms with van der Waals surface area (Å²) in [5.74, 6) is 0. The predicted octanol–water partition coefficient (Wildman–Crippen LogP) is -0.0964. The van der Waals surface area contributed by atoms with E-state index in [0.717, 1.165) is 19.5 Å². The summed E-state index contributed by atoms with van der Waals surface area (Å²) >= 11 is 0. The van der Waals surface area contributed by atoms with Crippen LogP contribution in [0.4, 0.5) is 0 Å². The molecule has 0 spiro atoms. The zero-order valence-corrected chi connectivity index (χ0v) is 12.6. The summed E-state index contributed by atoms with van der Waals surface area (Å²) in [7, 11) is -3.43. The second-order valence-corrected chi connectivity index (χ2v) is 6.64.